The van der Waals surface area contributed by atoms with Gasteiger partial charge in [-0.2, -0.15) is 0 Å². The molecule has 3 rings (SSSR count). The molecular formula is C17H15FN2O6S. The third-order valence-corrected chi connectivity index (χ3v) is 5.41. The number of esters is 1. The molecule has 1 saturated heterocycles. The highest BCUT2D eigenvalue weighted by atomic mass is 32.2. The zero-order valence-electron chi connectivity index (χ0n) is 14.1. The summed E-state index contributed by atoms with van der Waals surface area (Å²) in [6.45, 7) is 0.979. The summed E-state index contributed by atoms with van der Waals surface area (Å²) < 4.78 is 18.1. The van der Waals surface area contributed by atoms with Crippen molar-refractivity contribution in [1.82, 2.24) is 10.2 Å². The first-order chi connectivity index (χ1) is 12.8. The molecule has 0 saturated carbocycles. The lowest BCUT2D eigenvalue weighted by molar-refractivity contribution is -0.149. The first kappa shape index (κ1) is 18.9. The fourth-order valence-corrected chi connectivity index (χ4v) is 4.16. The number of benzene rings is 1. The van der Waals surface area contributed by atoms with Crippen molar-refractivity contribution >= 4 is 35.5 Å². The SMILES string of the molecule is CC(=O)OCC1=C(C(=O)O)N2C(=O)C(NC(=O)c3cccc(F)c3)C2SC1. The lowest BCUT2D eigenvalue weighted by Gasteiger charge is -2.49. The molecule has 0 bridgehead atoms. The average Bonchev–Trinajstić information content (AvgIpc) is 2.63. The summed E-state index contributed by atoms with van der Waals surface area (Å²) in [6.07, 6.45) is 0. The number of hydrogen-bond donors (Lipinski definition) is 2. The molecule has 1 fully saturated rings. The van der Waals surface area contributed by atoms with Gasteiger partial charge in [-0.3, -0.25) is 19.3 Å². The molecule has 2 N–H and O–H groups in total. The molecule has 0 aromatic heterocycles. The van der Waals surface area contributed by atoms with Crippen molar-refractivity contribution in [1.29, 1.82) is 0 Å². The van der Waals surface area contributed by atoms with Gasteiger partial charge in [0.05, 0.1) is 0 Å². The van der Waals surface area contributed by atoms with Gasteiger partial charge in [0.2, 0.25) is 0 Å². The van der Waals surface area contributed by atoms with E-state index in [0.29, 0.717) is 5.57 Å². The Hall–Kier alpha value is -2.88. The Kier molecular flexibility index (Phi) is 5.17. The van der Waals surface area contributed by atoms with Gasteiger partial charge in [-0.15, -0.1) is 11.8 Å². The molecule has 10 heteroatoms. The van der Waals surface area contributed by atoms with Crippen LogP contribution in [0.5, 0.6) is 0 Å². The number of carbonyl (C=O) groups excluding carboxylic acids is 3. The van der Waals surface area contributed by atoms with Crippen LogP contribution >= 0.6 is 11.8 Å². The number of carboxylic acids is 1. The second kappa shape index (κ2) is 7.39. The molecule has 142 valence electrons. The van der Waals surface area contributed by atoms with Crippen LogP contribution in [0, 0.1) is 5.82 Å². The van der Waals surface area contributed by atoms with Gasteiger partial charge in [-0.1, -0.05) is 6.07 Å². The van der Waals surface area contributed by atoms with Crippen LogP contribution in [-0.2, 0) is 19.1 Å². The van der Waals surface area contributed by atoms with Gasteiger partial charge >= 0.3 is 11.9 Å². The quantitative estimate of drug-likeness (QED) is 0.559. The molecule has 2 unspecified atom stereocenters. The van der Waals surface area contributed by atoms with Crippen molar-refractivity contribution in [2.24, 2.45) is 0 Å². The van der Waals surface area contributed by atoms with Gasteiger partial charge in [0.15, 0.2) is 0 Å². The van der Waals surface area contributed by atoms with Crippen molar-refractivity contribution in [2.75, 3.05) is 12.4 Å². The van der Waals surface area contributed by atoms with Crippen LogP contribution in [0.3, 0.4) is 0 Å². The molecule has 0 aliphatic carbocycles. The number of ether oxygens (including phenoxy) is 1. The number of nitrogens with one attached hydrogen (secondary N) is 1. The Morgan fingerprint density at radius 1 is 1.41 bits per heavy atom. The number of amides is 2. The largest absolute Gasteiger partial charge is 0.477 e. The van der Waals surface area contributed by atoms with Gasteiger partial charge in [0.1, 0.15) is 29.5 Å². The number of fused-ring (bicyclic) bond motifs is 1. The van der Waals surface area contributed by atoms with Gasteiger partial charge < -0.3 is 15.2 Å². The molecular weight excluding hydrogens is 379 g/mol. The first-order valence-electron chi connectivity index (χ1n) is 7.89. The summed E-state index contributed by atoms with van der Waals surface area (Å²) >= 11 is 1.25. The number of carboxylic acid groups (broad SMARTS) is 1. The zero-order chi connectivity index (χ0) is 19.7. The molecule has 2 heterocycles. The molecule has 0 radical (unpaired) electrons. The minimum Gasteiger partial charge on any atom is -0.477 e. The Balaban J connectivity index is 1.76. The van der Waals surface area contributed by atoms with Crippen molar-refractivity contribution in [3.05, 3.63) is 46.9 Å². The minimum atomic E-state index is -1.31. The van der Waals surface area contributed by atoms with Crippen LogP contribution in [0.25, 0.3) is 0 Å². The maximum Gasteiger partial charge on any atom is 0.352 e. The molecule has 0 spiro atoms. The summed E-state index contributed by atoms with van der Waals surface area (Å²) in [5, 5.41) is 11.4. The van der Waals surface area contributed by atoms with Gasteiger partial charge in [0.25, 0.3) is 11.8 Å². The van der Waals surface area contributed by atoms with Gasteiger partial charge in [0, 0.05) is 23.8 Å². The van der Waals surface area contributed by atoms with E-state index in [0.717, 1.165) is 11.0 Å². The Morgan fingerprint density at radius 2 is 2.15 bits per heavy atom. The third-order valence-electron chi connectivity index (χ3n) is 4.07. The maximum atomic E-state index is 13.3. The molecule has 2 aliphatic heterocycles. The number of carbonyl (C=O) groups is 4. The first-order valence-corrected chi connectivity index (χ1v) is 8.94. The van der Waals surface area contributed by atoms with E-state index in [9.17, 15) is 28.7 Å². The van der Waals surface area contributed by atoms with Crippen molar-refractivity contribution in [2.45, 2.75) is 18.3 Å². The fraction of sp³-hybridized carbons (Fsp3) is 0.294. The summed E-state index contributed by atoms with van der Waals surface area (Å²) in [6, 6.07) is 4.10. The summed E-state index contributed by atoms with van der Waals surface area (Å²) in [5.74, 6) is -3.44. The van der Waals surface area contributed by atoms with E-state index in [1.165, 1.54) is 36.9 Å². The highest BCUT2D eigenvalue weighted by Crippen LogP contribution is 2.40. The predicted molar refractivity (Wildman–Crippen MR) is 92.0 cm³/mol. The lowest BCUT2D eigenvalue weighted by atomic mass is 10.0. The van der Waals surface area contributed by atoms with E-state index in [2.05, 4.69) is 5.32 Å². The van der Waals surface area contributed by atoms with Crippen LogP contribution in [0.4, 0.5) is 4.39 Å². The second-order valence-electron chi connectivity index (χ2n) is 5.91. The second-order valence-corrected chi connectivity index (χ2v) is 7.01. The van der Waals surface area contributed by atoms with Crippen LogP contribution in [-0.4, -0.2) is 57.5 Å². The van der Waals surface area contributed by atoms with Gasteiger partial charge in [-0.25, -0.2) is 9.18 Å². The minimum absolute atomic E-state index is 0.0617. The Labute approximate surface area is 157 Å². The standard InChI is InChI=1S/C17H15FN2O6S/c1-8(21)26-6-10-7-27-16-12(15(23)20(16)13(10)17(24)25)19-14(22)9-3-2-4-11(18)5-9/h2-5,12,16H,6-7H2,1H3,(H,19,22)(H,24,25). The number of halogens is 1. The van der Waals surface area contributed by atoms with Crippen molar-refractivity contribution in [3.63, 3.8) is 0 Å². The van der Waals surface area contributed by atoms with E-state index in [1.807, 2.05) is 0 Å². The van der Waals surface area contributed by atoms with Crippen LogP contribution in [0.2, 0.25) is 0 Å². The van der Waals surface area contributed by atoms with Crippen LogP contribution < -0.4 is 5.32 Å². The molecule has 8 nitrogen and oxygen atoms in total. The molecule has 1 aromatic carbocycles. The predicted octanol–water partition coefficient (Wildman–Crippen LogP) is 0.741. The molecule has 2 aliphatic rings. The van der Waals surface area contributed by atoms with Crippen LogP contribution in [0.15, 0.2) is 35.5 Å². The topological polar surface area (TPSA) is 113 Å². The van der Waals surface area contributed by atoms with E-state index in [1.54, 1.807) is 0 Å². The summed E-state index contributed by atoms with van der Waals surface area (Å²) in [5.41, 5.74) is 0.134. The summed E-state index contributed by atoms with van der Waals surface area (Å²) in [7, 11) is 0. The number of thioether (sulfide) groups is 1. The Bertz CT molecular complexity index is 871. The van der Waals surface area contributed by atoms with Crippen molar-refractivity contribution in [3.8, 4) is 0 Å². The van der Waals surface area contributed by atoms with Crippen LogP contribution in [0.1, 0.15) is 17.3 Å². The number of rotatable bonds is 5. The molecule has 1 aromatic rings. The smallest absolute Gasteiger partial charge is 0.352 e. The maximum absolute atomic E-state index is 13.3. The Morgan fingerprint density at radius 3 is 2.78 bits per heavy atom. The van der Waals surface area contributed by atoms with Gasteiger partial charge in [-0.05, 0) is 18.2 Å². The number of β-lactam (4-membered cyclic amide) rings is 1. The third kappa shape index (κ3) is 3.65. The monoisotopic (exact) mass is 394 g/mol. The number of hydrogen-bond acceptors (Lipinski definition) is 6. The van der Waals surface area contributed by atoms with E-state index < -0.39 is 41.0 Å². The van der Waals surface area contributed by atoms with E-state index in [4.69, 9.17) is 4.74 Å². The fourth-order valence-electron chi connectivity index (χ4n) is 2.84. The average molecular weight is 394 g/mol. The lowest BCUT2D eigenvalue weighted by Crippen LogP contribution is -2.70. The normalized spacial score (nSPS) is 21.3. The van der Waals surface area contributed by atoms with E-state index >= 15 is 0 Å². The highest BCUT2D eigenvalue weighted by Gasteiger charge is 2.54. The number of aliphatic carboxylic acids is 1. The van der Waals surface area contributed by atoms with Crippen molar-refractivity contribution < 1.29 is 33.4 Å². The molecule has 27 heavy (non-hydrogen) atoms. The highest BCUT2D eigenvalue weighted by molar-refractivity contribution is 8.00. The van der Waals surface area contributed by atoms with E-state index in [-0.39, 0.29) is 23.6 Å². The number of nitrogens with zero attached hydrogens (tertiary/aromatic N) is 1. The molecule has 2 atom stereocenters. The zero-order valence-corrected chi connectivity index (χ0v) is 14.9. The molecule has 2 amide bonds. The summed E-state index contributed by atoms with van der Waals surface area (Å²) in [4.78, 5) is 48.3.